The summed E-state index contributed by atoms with van der Waals surface area (Å²) in [5, 5.41) is 3.78. The van der Waals surface area contributed by atoms with Crippen LogP contribution in [0.4, 0.5) is 0 Å². The third kappa shape index (κ3) is 5.68. The van der Waals surface area contributed by atoms with Gasteiger partial charge in [-0.05, 0) is 36.3 Å². The molecule has 3 rings (SSSR count). The number of ether oxygens (including phenoxy) is 1. The minimum atomic E-state index is -3.21. The van der Waals surface area contributed by atoms with E-state index >= 15 is 0 Å². The summed E-state index contributed by atoms with van der Waals surface area (Å²) < 4.78 is 28.3. The van der Waals surface area contributed by atoms with Crippen molar-refractivity contribution in [2.24, 2.45) is 0 Å². The molecule has 1 saturated heterocycles. The fraction of sp³-hybridized carbons (Fsp3) is 0.316. The SMILES string of the molecule is COc1ccc(/C=C2\SC(=S)N(CCCC(=O)NC3C=CS(=O)(=O)C3)C2=O)cc1. The maximum atomic E-state index is 12.6. The van der Waals surface area contributed by atoms with E-state index in [1.165, 1.54) is 22.7 Å². The van der Waals surface area contributed by atoms with Crippen LogP contribution in [0.25, 0.3) is 6.08 Å². The van der Waals surface area contributed by atoms with Crippen LogP contribution in [0.3, 0.4) is 0 Å². The first-order valence-corrected chi connectivity index (χ1v) is 11.8. The summed E-state index contributed by atoms with van der Waals surface area (Å²) in [6, 6.07) is 6.85. The molecule has 10 heteroatoms. The number of rotatable bonds is 7. The molecular formula is C19H20N2O5S3. The summed E-state index contributed by atoms with van der Waals surface area (Å²) in [7, 11) is -1.62. The topological polar surface area (TPSA) is 92.8 Å². The number of sulfone groups is 1. The molecule has 0 radical (unpaired) electrons. The molecule has 0 bridgehead atoms. The van der Waals surface area contributed by atoms with E-state index in [4.69, 9.17) is 17.0 Å². The summed E-state index contributed by atoms with van der Waals surface area (Å²) in [5.74, 6) is 0.194. The number of nitrogens with zero attached hydrogens (tertiary/aromatic N) is 1. The molecule has 0 aliphatic carbocycles. The van der Waals surface area contributed by atoms with Gasteiger partial charge in [-0.3, -0.25) is 14.5 Å². The second kappa shape index (κ2) is 9.10. The van der Waals surface area contributed by atoms with Crippen molar-refractivity contribution < 1.29 is 22.7 Å². The zero-order valence-electron chi connectivity index (χ0n) is 15.7. The van der Waals surface area contributed by atoms with Crippen LogP contribution in [-0.2, 0) is 19.4 Å². The second-order valence-electron chi connectivity index (χ2n) is 6.54. The zero-order chi connectivity index (χ0) is 21.0. The molecule has 1 N–H and O–H groups in total. The maximum absolute atomic E-state index is 12.6. The summed E-state index contributed by atoms with van der Waals surface area (Å²) in [4.78, 5) is 26.6. The van der Waals surface area contributed by atoms with Gasteiger partial charge < -0.3 is 10.1 Å². The molecule has 7 nitrogen and oxygen atoms in total. The zero-order valence-corrected chi connectivity index (χ0v) is 18.1. The summed E-state index contributed by atoms with van der Waals surface area (Å²) >= 11 is 6.53. The molecule has 1 unspecified atom stereocenters. The molecule has 29 heavy (non-hydrogen) atoms. The molecule has 2 amide bonds. The number of methoxy groups -OCH3 is 1. The minimum Gasteiger partial charge on any atom is -0.497 e. The molecule has 1 atom stereocenters. The van der Waals surface area contributed by atoms with Crippen molar-refractivity contribution in [1.82, 2.24) is 10.2 Å². The lowest BCUT2D eigenvalue weighted by molar-refractivity contribution is -0.124. The standard InChI is InChI=1S/C19H20N2O5S3/c1-26-15-6-4-13(5-7-15)11-16-18(23)21(19(27)28-16)9-2-3-17(22)20-14-8-10-29(24,25)12-14/h4-8,10-11,14H,2-3,9,12H2,1H3,(H,20,22)/b16-11-. The Balaban J connectivity index is 1.50. The van der Waals surface area contributed by atoms with Crippen molar-refractivity contribution in [2.75, 3.05) is 19.4 Å². The highest BCUT2D eigenvalue weighted by Crippen LogP contribution is 2.32. The third-order valence-corrected chi connectivity index (χ3v) is 7.12. The first kappa shape index (κ1) is 21.5. The van der Waals surface area contributed by atoms with E-state index in [1.54, 1.807) is 13.2 Å². The van der Waals surface area contributed by atoms with Gasteiger partial charge in [-0.15, -0.1) is 0 Å². The van der Waals surface area contributed by atoms with Crippen LogP contribution in [0, 0.1) is 0 Å². The Kier molecular flexibility index (Phi) is 6.76. The molecule has 0 spiro atoms. The maximum Gasteiger partial charge on any atom is 0.266 e. The quantitative estimate of drug-likeness (QED) is 0.500. The van der Waals surface area contributed by atoms with Gasteiger partial charge in [0.15, 0.2) is 9.84 Å². The summed E-state index contributed by atoms with van der Waals surface area (Å²) in [6.45, 7) is 0.330. The predicted molar refractivity (Wildman–Crippen MR) is 117 cm³/mol. The number of carbonyl (C=O) groups is 2. The van der Waals surface area contributed by atoms with Gasteiger partial charge in [0, 0.05) is 18.4 Å². The average molecular weight is 453 g/mol. The molecule has 1 fully saturated rings. The van der Waals surface area contributed by atoms with E-state index in [9.17, 15) is 18.0 Å². The van der Waals surface area contributed by atoms with Crippen LogP contribution in [0.15, 0.2) is 40.7 Å². The molecule has 2 aliphatic heterocycles. The molecule has 1 aromatic carbocycles. The van der Waals surface area contributed by atoms with Gasteiger partial charge in [0.05, 0.1) is 23.8 Å². The molecule has 0 saturated carbocycles. The van der Waals surface area contributed by atoms with Gasteiger partial charge in [0.1, 0.15) is 10.1 Å². The number of hydrogen-bond acceptors (Lipinski definition) is 7. The highest BCUT2D eigenvalue weighted by molar-refractivity contribution is 8.26. The molecule has 154 valence electrons. The van der Waals surface area contributed by atoms with E-state index in [0.29, 0.717) is 22.2 Å². The van der Waals surface area contributed by atoms with E-state index in [-0.39, 0.29) is 24.0 Å². The van der Waals surface area contributed by atoms with Crippen LogP contribution in [0.1, 0.15) is 18.4 Å². The third-order valence-electron chi connectivity index (χ3n) is 4.35. The Morgan fingerprint density at radius 1 is 1.38 bits per heavy atom. The van der Waals surface area contributed by atoms with Crippen molar-refractivity contribution in [3.8, 4) is 5.75 Å². The van der Waals surface area contributed by atoms with Crippen molar-refractivity contribution in [3.63, 3.8) is 0 Å². The predicted octanol–water partition coefficient (Wildman–Crippen LogP) is 2.10. The fourth-order valence-corrected chi connectivity index (χ4v) is 5.43. The Morgan fingerprint density at radius 2 is 2.10 bits per heavy atom. The monoisotopic (exact) mass is 452 g/mol. The summed E-state index contributed by atoms with van der Waals surface area (Å²) in [6.07, 6.45) is 3.85. The van der Waals surface area contributed by atoms with Gasteiger partial charge in [-0.2, -0.15) is 0 Å². The Bertz CT molecular complexity index is 984. The number of nitrogens with one attached hydrogen (secondary N) is 1. The van der Waals surface area contributed by atoms with Gasteiger partial charge in [0.2, 0.25) is 5.91 Å². The van der Waals surface area contributed by atoms with Crippen molar-refractivity contribution in [2.45, 2.75) is 18.9 Å². The lowest BCUT2D eigenvalue weighted by Crippen LogP contribution is -2.36. The molecular weight excluding hydrogens is 432 g/mol. The number of benzene rings is 1. The van der Waals surface area contributed by atoms with E-state index < -0.39 is 15.9 Å². The van der Waals surface area contributed by atoms with E-state index in [0.717, 1.165) is 16.7 Å². The number of thioether (sulfide) groups is 1. The van der Waals surface area contributed by atoms with Gasteiger partial charge in [-0.1, -0.05) is 36.1 Å². The minimum absolute atomic E-state index is 0.108. The highest BCUT2D eigenvalue weighted by atomic mass is 32.2. The van der Waals surface area contributed by atoms with Crippen molar-refractivity contribution in [3.05, 3.63) is 46.2 Å². The van der Waals surface area contributed by atoms with Crippen LogP contribution < -0.4 is 10.1 Å². The van der Waals surface area contributed by atoms with Gasteiger partial charge >= 0.3 is 0 Å². The Labute approximate surface area is 179 Å². The highest BCUT2D eigenvalue weighted by Gasteiger charge is 2.31. The molecule has 1 aromatic rings. The van der Waals surface area contributed by atoms with Crippen LogP contribution in [-0.4, -0.2) is 54.9 Å². The normalized spacial score (nSPS) is 21.8. The first-order chi connectivity index (χ1) is 13.8. The summed E-state index contributed by atoms with van der Waals surface area (Å²) in [5.41, 5.74) is 0.866. The lowest BCUT2D eigenvalue weighted by atomic mass is 10.2. The van der Waals surface area contributed by atoms with Gasteiger partial charge in [0.25, 0.3) is 5.91 Å². The average Bonchev–Trinajstić information content (AvgIpc) is 3.15. The number of hydrogen-bond donors (Lipinski definition) is 1. The second-order valence-corrected chi connectivity index (χ2v) is 10.1. The molecule has 2 heterocycles. The number of carbonyl (C=O) groups excluding carboxylic acids is 2. The van der Waals surface area contributed by atoms with E-state index in [1.807, 2.05) is 24.3 Å². The van der Waals surface area contributed by atoms with Crippen LogP contribution >= 0.6 is 24.0 Å². The van der Waals surface area contributed by atoms with Crippen LogP contribution in [0.2, 0.25) is 0 Å². The molecule has 2 aliphatic rings. The van der Waals surface area contributed by atoms with Crippen molar-refractivity contribution in [1.29, 1.82) is 0 Å². The fourth-order valence-electron chi connectivity index (χ4n) is 2.89. The smallest absolute Gasteiger partial charge is 0.266 e. The lowest BCUT2D eigenvalue weighted by Gasteiger charge is -2.15. The van der Waals surface area contributed by atoms with Gasteiger partial charge in [-0.25, -0.2) is 8.42 Å². The van der Waals surface area contributed by atoms with Crippen molar-refractivity contribution >= 4 is 56.0 Å². The largest absolute Gasteiger partial charge is 0.497 e. The first-order valence-electron chi connectivity index (χ1n) is 8.87. The number of thiocarbonyl (C=S) groups is 1. The number of amides is 2. The Morgan fingerprint density at radius 3 is 2.72 bits per heavy atom. The Hall–Kier alpha value is -2.17. The van der Waals surface area contributed by atoms with Crippen LogP contribution in [0.5, 0.6) is 5.75 Å². The molecule has 0 aromatic heterocycles. The van der Waals surface area contributed by atoms with E-state index in [2.05, 4.69) is 5.32 Å².